The molecule has 1 saturated carbocycles. The van der Waals surface area contributed by atoms with Gasteiger partial charge in [0.2, 0.25) is 5.91 Å². The molecular weight excluding hydrogens is 316 g/mol. The van der Waals surface area contributed by atoms with E-state index in [1.807, 2.05) is 24.3 Å². The summed E-state index contributed by atoms with van der Waals surface area (Å²) >= 11 is 0. The smallest absolute Gasteiger partial charge is 0.231 e. The molecule has 1 aliphatic carbocycles. The predicted octanol–water partition coefficient (Wildman–Crippen LogP) is 2.34. The molecule has 1 heterocycles. The molecule has 0 spiro atoms. The number of carbonyl (C=O) groups excluding carboxylic acids is 1. The van der Waals surface area contributed by atoms with Crippen LogP contribution in [0.1, 0.15) is 37.7 Å². The number of hydrogen-bond acceptors (Lipinski definition) is 4. The minimum Gasteiger partial charge on any atom is -0.497 e. The summed E-state index contributed by atoms with van der Waals surface area (Å²) < 4.78 is 10.5. The van der Waals surface area contributed by atoms with Gasteiger partial charge in [-0.25, -0.2) is 0 Å². The molecule has 5 heteroatoms. The molecule has 1 amide bonds. The first-order chi connectivity index (χ1) is 12.0. The van der Waals surface area contributed by atoms with Gasteiger partial charge in [-0.15, -0.1) is 0 Å². The SMILES string of the molecule is COCCC1(NC(=O)C2(c3ccc(OC)cc3)CC2)CCN(C)CC1. The van der Waals surface area contributed by atoms with Crippen LogP contribution in [-0.4, -0.2) is 57.3 Å². The summed E-state index contributed by atoms with van der Waals surface area (Å²) in [6, 6.07) is 7.95. The van der Waals surface area contributed by atoms with Crippen LogP contribution in [0, 0.1) is 0 Å². The van der Waals surface area contributed by atoms with Crippen molar-refractivity contribution in [3.63, 3.8) is 0 Å². The highest BCUT2D eigenvalue weighted by molar-refractivity contribution is 5.91. The van der Waals surface area contributed by atoms with Gasteiger partial charge in [-0.3, -0.25) is 4.79 Å². The van der Waals surface area contributed by atoms with Crippen LogP contribution in [0.5, 0.6) is 5.75 Å². The Hall–Kier alpha value is -1.59. The topological polar surface area (TPSA) is 50.8 Å². The zero-order valence-electron chi connectivity index (χ0n) is 15.6. The number of hydrogen-bond donors (Lipinski definition) is 1. The Balaban J connectivity index is 1.74. The van der Waals surface area contributed by atoms with Crippen LogP contribution in [0.3, 0.4) is 0 Å². The van der Waals surface area contributed by atoms with Gasteiger partial charge in [0, 0.05) is 32.3 Å². The summed E-state index contributed by atoms with van der Waals surface area (Å²) in [6.45, 7) is 2.71. The Morgan fingerprint density at radius 3 is 2.28 bits per heavy atom. The minimum absolute atomic E-state index is 0.137. The van der Waals surface area contributed by atoms with Crippen molar-refractivity contribution in [1.29, 1.82) is 0 Å². The number of piperidine rings is 1. The van der Waals surface area contributed by atoms with Crippen molar-refractivity contribution < 1.29 is 14.3 Å². The third kappa shape index (κ3) is 3.82. The third-order valence-electron chi connectivity index (χ3n) is 5.93. The lowest BCUT2D eigenvalue weighted by molar-refractivity contribution is -0.126. The lowest BCUT2D eigenvalue weighted by atomic mass is 9.83. The first-order valence-corrected chi connectivity index (χ1v) is 9.18. The Morgan fingerprint density at radius 2 is 1.76 bits per heavy atom. The molecule has 25 heavy (non-hydrogen) atoms. The van der Waals surface area contributed by atoms with E-state index in [1.165, 1.54) is 0 Å². The minimum atomic E-state index is -0.351. The van der Waals surface area contributed by atoms with Crippen LogP contribution in [-0.2, 0) is 14.9 Å². The number of likely N-dealkylation sites (tertiary alicyclic amines) is 1. The van der Waals surface area contributed by atoms with Gasteiger partial charge in [-0.05, 0) is 56.8 Å². The van der Waals surface area contributed by atoms with E-state index in [0.29, 0.717) is 6.61 Å². The predicted molar refractivity (Wildman–Crippen MR) is 98.0 cm³/mol. The van der Waals surface area contributed by atoms with Crippen LogP contribution in [0.25, 0.3) is 0 Å². The molecule has 0 radical (unpaired) electrons. The van der Waals surface area contributed by atoms with Crippen molar-refractivity contribution in [1.82, 2.24) is 10.2 Å². The highest BCUT2D eigenvalue weighted by atomic mass is 16.5. The zero-order chi connectivity index (χ0) is 17.9. The molecule has 138 valence electrons. The Bertz CT molecular complexity index is 582. The van der Waals surface area contributed by atoms with Gasteiger partial charge in [-0.2, -0.15) is 0 Å². The van der Waals surface area contributed by atoms with Gasteiger partial charge < -0.3 is 19.7 Å². The van der Waals surface area contributed by atoms with Gasteiger partial charge in [0.15, 0.2) is 0 Å². The molecule has 1 aliphatic heterocycles. The standard InChI is InChI=1S/C20H30N2O3/c1-22-13-10-19(11-14-22,12-15-24-2)21-18(23)20(8-9-20)16-4-6-17(25-3)7-5-16/h4-7H,8-15H2,1-3H3,(H,21,23). The van der Waals surface area contributed by atoms with E-state index < -0.39 is 0 Å². The van der Waals surface area contributed by atoms with Gasteiger partial charge in [0.05, 0.1) is 12.5 Å². The largest absolute Gasteiger partial charge is 0.497 e. The van der Waals surface area contributed by atoms with Crippen molar-refractivity contribution in [2.24, 2.45) is 0 Å². The molecule has 2 fully saturated rings. The quantitative estimate of drug-likeness (QED) is 0.823. The molecule has 0 bridgehead atoms. The van der Waals surface area contributed by atoms with Gasteiger partial charge in [0.1, 0.15) is 5.75 Å². The zero-order valence-corrected chi connectivity index (χ0v) is 15.6. The Morgan fingerprint density at radius 1 is 1.12 bits per heavy atom. The molecule has 0 unspecified atom stereocenters. The monoisotopic (exact) mass is 346 g/mol. The third-order valence-corrected chi connectivity index (χ3v) is 5.93. The first-order valence-electron chi connectivity index (χ1n) is 9.18. The van der Waals surface area contributed by atoms with Gasteiger partial charge in [0.25, 0.3) is 0 Å². The summed E-state index contributed by atoms with van der Waals surface area (Å²) in [5.41, 5.74) is 0.609. The van der Waals surface area contributed by atoms with Gasteiger partial charge >= 0.3 is 0 Å². The summed E-state index contributed by atoms with van der Waals surface area (Å²) in [5.74, 6) is 1.00. The van der Waals surface area contributed by atoms with Crippen LogP contribution in [0.2, 0.25) is 0 Å². The second-order valence-corrected chi connectivity index (χ2v) is 7.59. The van der Waals surface area contributed by atoms with Crippen molar-refractivity contribution in [2.75, 3.05) is 41.0 Å². The summed E-state index contributed by atoms with van der Waals surface area (Å²) in [6.07, 6.45) is 4.69. The highest BCUT2D eigenvalue weighted by Gasteiger charge is 2.53. The molecule has 3 rings (SSSR count). The Kier molecular flexibility index (Phi) is 5.35. The molecule has 1 aromatic rings. The molecule has 1 aromatic carbocycles. The van der Waals surface area contributed by atoms with E-state index in [9.17, 15) is 4.79 Å². The number of ether oxygens (including phenoxy) is 2. The number of amides is 1. The molecule has 2 aliphatic rings. The molecular formula is C20H30N2O3. The van der Waals surface area contributed by atoms with E-state index in [2.05, 4.69) is 17.3 Å². The lowest BCUT2D eigenvalue weighted by Crippen LogP contribution is -2.57. The average molecular weight is 346 g/mol. The van der Waals surface area contributed by atoms with E-state index in [-0.39, 0.29) is 16.9 Å². The molecule has 1 saturated heterocycles. The second kappa shape index (κ2) is 7.34. The van der Waals surface area contributed by atoms with Crippen LogP contribution >= 0.6 is 0 Å². The number of rotatable bonds is 7. The fourth-order valence-electron chi connectivity index (χ4n) is 3.82. The second-order valence-electron chi connectivity index (χ2n) is 7.59. The number of nitrogens with zero attached hydrogens (tertiary/aromatic N) is 1. The van der Waals surface area contributed by atoms with Crippen molar-refractivity contribution in [3.8, 4) is 5.75 Å². The van der Waals surface area contributed by atoms with Crippen LogP contribution in [0.4, 0.5) is 0 Å². The maximum Gasteiger partial charge on any atom is 0.231 e. The van der Waals surface area contributed by atoms with Crippen molar-refractivity contribution in [2.45, 2.75) is 43.1 Å². The fourth-order valence-corrected chi connectivity index (χ4v) is 3.82. The lowest BCUT2D eigenvalue weighted by Gasteiger charge is -2.42. The fraction of sp³-hybridized carbons (Fsp3) is 0.650. The summed E-state index contributed by atoms with van der Waals surface area (Å²) in [4.78, 5) is 15.5. The van der Waals surface area contributed by atoms with E-state index in [0.717, 1.165) is 56.5 Å². The van der Waals surface area contributed by atoms with Crippen molar-refractivity contribution in [3.05, 3.63) is 29.8 Å². The first kappa shape index (κ1) is 18.2. The summed E-state index contributed by atoms with van der Waals surface area (Å²) in [5, 5.41) is 3.44. The average Bonchev–Trinajstić information content (AvgIpc) is 3.45. The maximum absolute atomic E-state index is 13.2. The number of methoxy groups -OCH3 is 2. The maximum atomic E-state index is 13.2. The van der Waals surface area contributed by atoms with Crippen molar-refractivity contribution >= 4 is 5.91 Å². The molecule has 0 aromatic heterocycles. The van der Waals surface area contributed by atoms with Crippen LogP contribution in [0.15, 0.2) is 24.3 Å². The Labute approximate surface area is 150 Å². The number of benzene rings is 1. The molecule has 5 nitrogen and oxygen atoms in total. The normalized spacial score (nSPS) is 21.6. The molecule has 1 N–H and O–H groups in total. The summed E-state index contributed by atoms with van der Waals surface area (Å²) in [7, 11) is 5.53. The highest BCUT2D eigenvalue weighted by Crippen LogP contribution is 2.49. The number of nitrogens with one attached hydrogen (secondary N) is 1. The van der Waals surface area contributed by atoms with E-state index in [1.54, 1.807) is 14.2 Å². The van der Waals surface area contributed by atoms with Crippen LogP contribution < -0.4 is 10.1 Å². The van der Waals surface area contributed by atoms with Gasteiger partial charge in [-0.1, -0.05) is 12.1 Å². The van der Waals surface area contributed by atoms with E-state index in [4.69, 9.17) is 9.47 Å². The number of carbonyl (C=O) groups is 1. The van der Waals surface area contributed by atoms with E-state index >= 15 is 0 Å². The molecule has 0 atom stereocenters.